The number of benzene rings is 1. The van der Waals surface area contributed by atoms with Gasteiger partial charge < -0.3 is 15.1 Å². The molecule has 37 heavy (non-hydrogen) atoms. The summed E-state index contributed by atoms with van der Waals surface area (Å²) in [5.41, 5.74) is -0.743. The normalized spacial score (nSPS) is 14.1. The van der Waals surface area contributed by atoms with E-state index in [1.165, 1.54) is 30.6 Å². The van der Waals surface area contributed by atoms with Crippen molar-refractivity contribution in [1.82, 2.24) is 19.7 Å². The molecular weight excluding hydrogens is 490 g/mol. The number of hydrogen-bond acceptors (Lipinski definition) is 6. The second kappa shape index (κ2) is 9.88. The number of halogens is 4. The van der Waals surface area contributed by atoms with Crippen molar-refractivity contribution in [3.05, 3.63) is 90.3 Å². The van der Waals surface area contributed by atoms with Crippen LogP contribution in [0.2, 0.25) is 0 Å². The molecule has 1 N–H and O–H groups in total. The molecule has 4 aromatic rings. The van der Waals surface area contributed by atoms with E-state index in [1.807, 2.05) is 0 Å². The van der Waals surface area contributed by atoms with Crippen LogP contribution in [-0.2, 0) is 6.18 Å². The summed E-state index contributed by atoms with van der Waals surface area (Å²) in [5.74, 6) is -0.416. The molecule has 0 spiro atoms. The highest BCUT2D eigenvalue weighted by Gasteiger charge is 2.39. The Balaban J connectivity index is 1.26. The molecule has 0 bridgehead atoms. The average Bonchev–Trinajstić information content (AvgIpc) is 3.37. The highest BCUT2D eigenvalue weighted by atomic mass is 19.4. The molecule has 0 unspecified atom stereocenters. The molecule has 12 heteroatoms. The summed E-state index contributed by atoms with van der Waals surface area (Å²) in [6, 6.07) is 14.3. The Labute approximate surface area is 209 Å². The Bertz CT molecular complexity index is 1370. The lowest BCUT2D eigenvalue weighted by Gasteiger charge is -2.36. The number of carbonyl (C=O) groups excluding carboxylic acids is 1. The van der Waals surface area contributed by atoms with E-state index in [-0.39, 0.29) is 17.3 Å². The largest absolute Gasteiger partial charge is 0.435 e. The molecule has 0 atom stereocenters. The van der Waals surface area contributed by atoms with Crippen LogP contribution in [0.15, 0.2) is 73.2 Å². The third-order valence-electron chi connectivity index (χ3n) is 5.91. The summed E-state index contributed by atoms with van der Waals surface area (Å²) < 4.78 is 54.8. The number of rotatable bonds is 5. The predicted octanol–water partition coefficient (Wildman–Crippen LogP) is 4.40. The quantitative estimate of drug-likeness (QED) is 0.401. The van der Waals surface area contributed by atoms with Crippen LogP contribution in [-0.4, -0.2) is 51.8 Å². The van der Waals surface area contributed by atoms with Gasteiger partial charge in [0.05, 0.1) is 17.4 Å². The van der Waals surface area contributed by atoms with Crippen molar-refractivity contribution in [2.75, 3.05) is 41.3 Å². The molecule has 1 amide bonds. The van der Waals surface area contributed by atoms with Crippen molar-refractivity contribution in [2.45, 2.75) is 6.18 Å². The lowest BCUT2D eigenvalue weighted by molar-refractivity contribution is -0.141. The van der Waals surface area contributed by atoms with Crippen LogP contribution < -0.4 is 15.1 Å². The molecule has 190 valence electrons. The lowest BCUT2D eigenvalue weighted by atomic mass is 10.2. The molecule has 8 nitrogen and oxygen atoms in total. The minimum Gasteiger partial charge on any atom is -0.368 e. The van der Waals surface area contributed by atoms with Crippen LogP contribution in [0.4, 0.5) is 34.8 Å². The zero-order chi connectivity index (χ0) is 26.0. The number of nitrogens with one attached hydrogen (secondary N) is 1. The van der Waals surface area contributed by atoms with Crippen molar-refractivity contribution >= 4 is 23.1 Å². The van der Waals surface area contributed by atoms with E-state index in [0.717, 1.165) is 16.6 Å². The van der Waals surface area contributed by atoms with Crippen LogP contribution in [0, 0.1) is 5.82 Å². The van der Waals surface area contributed by atoms with E-state index in [0.29, 0.717) is 32.0 Å². The molecule has 1 saturated heterocycles. The fourth-order valence-electron chi connectivity index (χ4n) is 4.05. The van der Waals surface area contributed by atoms with Crippen molar-refractivity contribution in [3.63, 3.8) is 0 Å². The van der Waals surface area contributed by atoms with Crippen molar-refractivity contribution in [3.8, 4) is 5.82 Å². The summed E-state index contributed by atoms with van der Waals surface area (Å²) >= 11 is 0. The standard InChI is InChI=1S/C25H21F4N7O/c26-17-4-7-19(8-5-17)34-11-13-35(14-12-34)21-9-6-18(15-31-21)32-24(37)20-16-36(22-3-1-2-10-30-22)33-23(20)25(27,28)29/h1-10,15-16H,11-14H2,(H,32,37). The fraction of sp³-hybridized carbons (Fsp3) is 0.200. The molecule has 0 radical (unpaired) electrons. The van der Waals surface area contributed by atoms with Gasteiger partial charge in [0.15, 0.2) is 11.5 Å². The van der Waals surface area contributed by atoms with Gasteiger partial charge in [-0.2, -0.15) is 18.3 Å². The summed E-state index contributed by atoms with van der Waals surface area (Å²) in [7, 11) is 0. The summed E-state index contributed by atoms with van der Waals surface area (Å²) in [5, 5.41) is 6.01. The summed E-state index contributed by atoms with van der Waals surface area (Å²) in [6.07, 6.45) is -1.01. The Kier molecular flexibility index (Phi) is 6.47. The Morgan fingerprint density at radius 3 is 2.22 bits per heavy atom. The maximum absolute atomic E-state index is 13.6. The first kappa shape index (κ1) is 24.2. The van der Waals surface area contributed by atoms with Gasteiger partial charge in [-0.1, -0.05) is 6.07 Å². The van der Waals surface area contributed by atoms with Crippen LogP contribution in [0.25, 0.3) is 5.82 Å². The van der Waals surface area contributed by atoms with Gasteiger partial charge in [-0.15, -0.1) is 0 Å². The number of aromatic nitrogens is 4. The first-order valence-electron chi connectivity index (χ1n) is 11.4. The van der Waals surface area contributed by atoms with Gasteiger partial charge in [0.2, 0.25) is 0 Å². The third kappa shape index (κ3) is 5.37. The highest BCUT2D eigenvalue weighted by Crippen LogP contribution is 2.32. The molecule has 0 saturated carbocycles. The molecule has 1 aromatic carbocycles. The van der Waals surface area contributed by atoms with E-state index < -0.39 is 23.3 Å². The maximum Gasteiger partial charge on any atom is 0.435 e. The fourth-order valence-corrected chi connectivity index (χ4v) is 4.05. The van der Waals surface area contributed by atoms with Gasteiger partial charge in [-0.3, -0.25) is 4.79 Å². The predicted molar refractivity (Wildman–Crippen MR) is 129 cm³/mol. The molecule has 4 heterocycles. The number of piperazine rings is 1. The minimum absolute atomic E-state index is 0.151. The SMILES string of the molecule is O=C(Nc1ccc(N2CCN(c3ccc(F)cc3)CC2)nc1)c1cn(-c2ccccn2)nc1C(F)(F)F. The number of hydrogen-bond donors (Lipinski definition) is 1. The zero-order valence-electron chi connectivity index (χ0n) is 19.4. The minimum atomic E-state index is -4.83. The van der Waals surface area contributed by atoms with Gasteiger partial charge >= 0.3 is 6.18 Å². The average molecular weight is 511 g/mol. The molecule has 1 aliphatic heterocycles. The molecule has 1 fully saturated rings. The number of anilines is 3. The van der Waals surface area contributed by atoms with Crippen molar-refractivity contribution < 1.29 is 22.4 Å². The van der Waals surface area contributed by atoms with Crippen LogP contribution in [0.5, 0.6) is 0 Å². The van der Waals surface area contributed by atoms with Crippen molar-refractivity contribution in [2.24, 2.45) is 0 Å². The molecule has 0 aliphatic carbocycles. The van der Waals surface area contributed by atoms with Crippen LogP contribution in [0.3, 0.4) is 0 Å². The first-order chi connectivity index (χ1) is 17.8. The van der Waals surface area contributed by atoms with E-state index in [4.69, 9.17) is 0 Å². The monoisotopic (exact) mass is 511 g/mol. The molecule has 3 aromatic heterocycles. The second-order valence-corrected chi connectivity index (χ2v) is 8.33. The number of carbonyl (C=O) groups is 1. The van der Waals surface area contributed by atoms with Crippen LogP contribution in [0.1, 0.15) is 16.1 Å². The van der Waals surface area contributed by atoms with E-state index in [2.05, 4.69) is 30.2 Å². The zero-order valence-corrected chi connectivity index (χ0v) is 19.4. The molecule has 5 rings (SSSR count). The number of amides is 1. The number of nitrogens with zero attached hydrogens (tertiary/aromatic N) is 6. The highest BCUT2D eigenvalue weighted by molar-refractivity contribution is 6.05. The van der Waals surface area contributed by atoms with Crippen LogP contribution >= 0.6 is 0 Å². The van der Waals surface area contributed by atoms with Gasteiger partial charge in [0.25, 0.3) is 5.91 Å². The lowest BCUT2D eigenvalue weighted by Crippen LogP contribution is -2.46. The number of alkyl halides is 3. The van der Waals surface area contributed by atoms with E-state index in [1.54, 1.807) is 36.4 Å². The van der Waals surface area contributed by atoms with Gasteiger partial charge in [0.1, 0.15) is 11.6 Å². The molecular formula is C25H21F4N7O. The third-order valence-corrected chi connectivity index (χ3v) is 5.91. The Morgan fingerprint density at radius 2 is 1.59 bits per heavy atom. The first-order valence-corrected chi connectivity index (χ1v) is 11.4. The molecule has 1 aliphatic rings. The topological polar surface area (TPSA) is 79.2 Å². The summed E-state index contributed by atoms with van der Waals surface area (Å²) in [6.45, 7) is 2.79. The van der Waals surface area contributed by atoms with Gasteiger partial charge in [0, 0.05) is 44.3 Å². The maximum atomic E-state index is 13.6. The van der Waals surface area contributed by atoms with Gasteiger partial charge in [-0.25, -0.2) is 19.0 Å². The van der Waals surface area contributed by atoms with E-state index >= 15 is 0 Å². The van der Waals surface area contributed by atoms with Crippen molar-refractivity contribution in [1.29, 1.82) is 0 Å². The summed E-state index contributed by atoms with van der Waals surface area (Å²) in [4.78, 5) is 25.3. The smallest absolute Gasteiger partial charge is 0.368 e. The number of pyridine rings is 2. The second-order valence-electron chi connectivity index (χ2n) is 8.33. The van der Waals surface area contributed by atoms with Gasteiger partial charge in [-0.05, 0) is 48.5 Å². The Morgan fingerprint density at radius 1 is 0.865 bits per heavy atom. The Hall–Kier alpha value is -4.48. The van der Waals surface area contributed by atoms with E-state index in [9.17, 15) is 22.4 Å².